The molecule has 3 rings (SSSR count). The molecule has 1 heterocycles. The van der Waals surface area contributed by atoms with Crippen LogP contribution in [0.25, 0.3) is 10.2 Å². The van der Waals surface area contributed by atoms with Crippen LogP contribution in [-0.2, 0) is 33.7 Å². The molecule has 0 aliphatic heterocycles. The molecule has 1 amide bonds. The Morgan fingerprint density at radius 1 is 1.11 bits per heavy atom. The number of methoxy groups -OCH3 is 2. The standard InChI is InChI=1S/C21H22N2O4S/c1-4-14-8-9-17-18(11-14)28-21(23(17)13-20(25)27-3)22-19(24)12-15-6-5-7-16(10-15)26-2/h5-11H,4,12-13H2,1-3H3. The summed E-state index contributed by atoms with van der Waals surface area (Å²) in [7, 11) is 2.93. The van der Waals surface area contributed by atoms with Crippen molar-refractivity contribution < 1.29 is 19.1 Å². The number of hydrogen-bond acceptors (Lipinski definition) is 5. The third-order valence-corrected chi connectivity index (χ3v) is 5.42. The maximum atomic E-state index is 12.6. The summed E-state index contributed by atoms with van der Waals surface area (Å²) in [5.41, 5.74) is 2.87. The zero-order valence-electron chi connectivity index (χ0n) is 16.1. The second-order valence-corrected chi connectivity index (χ2v) is 7.25. The van der Waals surface area contributed by atoms with Crippen molar-refractivity contribution >= 4 is 33.4 Å². The van der Waals surface area contributed by atoms with Gasteiger partial charge in [0.05, 0.1) is 30.9 Å². The van der Waals surface area contributed by atoms with Crippen LogP contribution < -0.4 is 9.54 Å². The topological polar surface area (TPSA) is 69.9 Å². The van der Waals surface area contributed by atoms with E-state index in [1.807, 2.05) is 36.4 Å². The van der Waals surface area contributed by atoms with Gasteiger partial charge in [-0.3, -0.25) is 9.59 Å². The molecule has 3 aromatic rings. The molecule has 0 unspecified atom stereocenters. The summed E-state index contributed by atoms with van der Waals surface area (Å²) in [6.07, 6.45) is 1.07. The second-order valence-electron chi connectivity index (χ2n) is 6.24. The molecule has 1 aromatic heterocycles. The zero-order valence-corrected chi connectivity index (χ0v) is 16.9. The van der Waals surface area contributed by atoms with Gasteiger partial charge >= 0.3 is 5.97 Å². The lowest BCUT2D eigenvalue weighted by Crippen LogP contribution is -2.22. The van der Waals surface area contributed by atoms with E-state index in [1.54, 1.807) is 11.7 Å². The van der Waals surface area contributed by atoms with Gasteiger partial charge in [0, 0.05) is 0 Å². The van der Waals surface area contributed by atoms with Crippen molar-refractivity contribution in [1.29, 1.82) is 0 Å². The summed E-state index contributed by atoms with van der Waals surface area (Å²) in [4.78, 5) is 29.2. The van der Waals surface area contributed by atoms with Crippen molar-refractivity contribution in [1.82, 2.24) is 4.57 Å². The monoisotopic (exact) mass is 398 g/mol. The van der Waals surface area contributed by atoms with Crippen LogP contribution in [0.4, 0.5) is 0 Å². The van der Waals surface area contributed by atoms with Gasteiger partial charge in [-0.25, -0.2) is 0 Å². The Balaban J connectivity index is 2.00. The van der Waals surface area contributed by atoms with Gasteiger partial charge in [-0.2, -0.15) is 4.99 Å². The molecule has 6 nitrogen and oxygen atoms in total. The summed E-state index contributed by atoms with van der Waals surface area (Å²) >= 11 is 1.40. The summed E-state index contributed by atoms with van der Waals surface area (Å²) < 4.78 is 12.7. The molecular weight excluding hydrogens is 376 g/mol. The fourth-order valence-corrected chi connectivity index (χ4v) is 3.98. The number of aryl methyl sites for hydroxylation is 1. The van der Waals surface area contributed by atoms with Crippen molar-refractivity contribution in [3.05, 3.63) is 58.4 Å². The number of hydrogen-bond donors (Lipinski definition) is 0. The number of rotatable bonds is 6. The Kier molecular flexibility index (Phi) is 6.26. The Morgan fingerprint density at radius 2 is 1.93 bits per heavy atom. The first-order chi connectivity index (χ1) is 13.5. The minimum absolute atomic E-state index is 0.00719. The Labute approximate surface area is 167 Å². The van der Waals surface area contributed by atoms with Crippen molar-refractivity contribution in [2.75, 3.05) is 14.2 Å². The highest BCUT2D eigenvalue weighted by molar-refractivity contribution is 7.16. The number of aromatic nitrogens is 1. The maximum Gasteiger partial charge on any atom is 0.325 e. The lowest BCUT2D eigenvalue weighted by molar-refractivity contribution is -0.141. The van der Waals surface area contributed by atoms with Gasteiger partial charge in [0.15, 0.2) is 4.80 Å². The van der Waals surface area contributed by atoms with E-state index in [0.717, 1.165) is 22.2 Å². The average molecular weight is 398 g/mol. The van der Waals surface area contributed by atoms with Gasteiger partial charge in [0.1, 0.15) is 12.3 Å². The molecule has 0 fully saturated rings. The molecule has 0 spiro atoms. The molecule has 7 heteroatoms. The number of nitrogens with zero attached hydrogens (tertiary/aromatic N) is 2. The van der Waals surface area contributed by atoms with Crippen LogP contribution >= 0.6 is 11.3 Å². The van der Waals surface area contributed by atoms with Crippen LogP contribution in [-0.4, -0.2) is 30.7 Å². The van der Waals surface area contributed by atoms with Crippen LogP contribution in [0.2, 0.25) is 0 Å². The predicted molar refractivity (Wildman–Crippen MR) is 108 cm³/mol. The van der Waals surface area contributed by atoms with E-state index in [9.17, 15) is 9.59 Å². The number of carbonyl (C=O) groups excluding carboxylic acids is 2. The van der Waals surface area contributed by atoms with Crippen molar-refractivity contribution in [3.63, 3.8) is 0 Å². The van der Waals surface area contributed by atoms with E-state index in [0.29, 0.717) is 10.6 Å². The van der Waals surface area contributed by atoms with Crippen molar-refractivity contribution in [2.24, 2.45) is 4.99 Å². The Hall–Kier alpha value is -2.93. The molecule has 146 valence electrons. The SMILES string of the molecule is CCc1ccc2c(c1)sc(=NC(=O)Cc1cccc(OC)c1)n2CC(=O)OC. The average Bonchev–Trinajstić information content (AvgIpc) is 3.03. The first-order valence-corrected chi connectivity index (χ1v) is 9.75. The van der Waals surface area contributed by atoms with Gasteiger partial charge < -0.3 is 14.0 Å². The van der Waals surface area contributed by atoms with Crippen LogP contribution in [0.1, 0.15) is 18.1 Å². The molecule has 0 radical (unpaired) electrons. The molecule has 0 aliphatic rings. The zero-order chi connectivity index (χ0) is 20.1. The molecule has 0 atom stereocenters. The summed E-state index contributed by atoms with van der Waals surface area (Å²) in [6.45, 7) is 2.09. The minimum Gasteiger partial charge on any atom is -0.497 e. The lowest BCUT2D eigenvalue weighted by Gasteiger charge is -2.04. The Morgan fingerprint density at radius 3 is 2.64 bits per heavy atom. The molecule has 0 saturated heterocycles. The van der Waals surface area contributed by atoms with Crippen LogP contribution in [0.3, 0.4) is 0 Å². The van der Waals surface area contributed by atoms with Gasteiger partial charge in [-0.1, -0.05) is 36.5 Å². The van der Waals surface area contributed by atoms with E-state index in [-0.39, 0.29) is 24.8 Å². The normalized spacial score (nSPS) is 11.6. The highest BCUT2D eigenvalue weighted by Crippen LogP contribution is 2.20. The number of amides is 1. The van der Waals surface area contributed by atoms with E-state index < -0.39 is 0 Å². The fraction of sp³-hybridized carbons (Fsp3) is 0.286. The third-order valence-electron chi connectivity index (χ3n) is 4.38. The van der Waals surface area contributed by atoms with Crippen LogP contribution in [0.5, 0.6) is 5.75 Å². The number of benzene rings is 2. The van der Waals surface area contributed by atoms with Gasteiger partial charge in [0.2, 0.25) is 0 Å². The summed E-state index contributed by atoms with van der Waals surface area (Å²) in [5, 5.41) is 0. The van der Waals surface area contributed by atoms with Crippen LogP contribution in [0.15, 0.2) is 47.5 Å². The summed E-state index contributed by atoms with van der Waals surface area (Å²) in [5.74, 6) is 0.0233. The van der Waals surface area contributed by atoms with E-state index >= 15 is 0 Å². The quantitative estimate of drug-likeness (QED) is 0.598. The smallest absolute Gasteiger partial charge is 0.325 e. The minimum atomic E-state index is -0.388. The molecule has 0 N–H and O–H groups in total. The fourth-order valence-electron chi connectivity index (χ4n) is 2.87. The summed E-state index contributed by atoms with van der Waals surface area (Å²) in [6, 6.07) is 13.4. The largest absolute Gasteiger partial charge is 0.497 e. The number of fused-ring (bicyclic) bond motifs is 1. The maximum absolute atomic E-state index is 12.6. The molecule has 0 bridgehead atoms. The molecule has 0 aliphatic carbocycles. The molecule has 2 aromatic carbocycles. The Bertz CT molecular complexity index is 1080. The second kappa shape index (κ2) is 8.84. The number of carbonyl (C=O) groups is 2. The van der Waals surface area contributed by atoms with E-state index in [1.165, 1.54) is 24.0 Å². The van der Waals surface area contributed by atoms with Crippen molar-refractivity contribution in [3.8, 4) is 5.75 Å². The highest BCUT2D eigenvalue weighted by Gasteiger charge is 2.12. The first kappa shape index (κ1) is 19.8. The predicted octanol–water partition coefficient (Wildman–Crippen LogP) is 3.12. The number of esters is 1. The van der Waals surface area contributed by atoms with Gasteiger partial charge in [-0.15, -0.1) is 0 Å². The molecule has 28 heavy (non-hydrogen) atoms. The van der Waals surface area contributed by atoms with Gasteiger partial charge in [0.25, 0.3) is 5.91 Å². The number of ether oxygens (including phenoxy) is 2. The molecule has 0 saturated carbocycles. The first-order valence-electron chi connectivity index (χ1n) is 8.93. The van der Waals surface area contributed by atoms with Gasteiger partial charge in [-0.05, 0) is 41.8 Å². The lowest BCUT2D eigenvalue weighted by atomic mass is 10.1. The third kappa shape index (κ3) is 4.48. The van der Waals surface area contributed by atoms with Crippen LogP contribution in [0, 0.1) is 0 Å². The molecular formula is C21H22N2O4S. The number of thiazole rings is 1. The highest BCUT2D eigenvalue weighted by atomic mass is 32.1. The van der Waals surface area contributed by atoms with Crippen molar-refractivity contribution in [2.45, 2.75) is 26.3 Å². The van der Waals surface area contributed by atoms with E-state index in [4.69, 9.17) is 9.47 Å². The van der Waals surface area contributed by atoms with E-state index in [2.05, 4.69) is 18.0 Å².